The monoisotopic (exact) mass is 343 g/mol. The Morgan fingerprint density at radius 3 is 2.84 bits per heavy atom. The van der Waals surface area contributed by atoms with Crippen LogP contribution in [-0.4, -0.2) is 20.8 Å². The largest absolute Gasteiger partial charge is 0.334 e. The van der Waals surface area contributed by atoms with Crippen LogP contribution in [0.1, 0.15) is 11.3 Å². The molecule has 3 aromatic rings. The molecule has 0 spiro atoms. The normalized spacial score (nSPS) is 10.5. The van der Waals surface area contributed by atoms with Crippen molar-refractivity contribution in [1.29, 1.82) is 0 Å². The van der Waals surface area contributed by atoms with Crippen molar-refractivity contribution < 1.29 is 13.6 Å². The van der Waals surface area contributed by atoms with Gasteiger partial charge in [-0.1, -0.05) is 6.07 Å². The summed E-state index contributed by atoms with van der Waals surface area (Å²) in [5, 5.41) is 9.19. The average molecular weight is 343 g/mol. The molecule has 8 heteroatoms. The van der Waals surface area contributed by atoms with Gasteiger partial charge < -0.3 is 5.32 Å². The number of nitrogens with zero attached hydrogens (tertiary/aromatic N) is 3. The van der Waals surface area contributed by atoms with Crippen LogP contribution in [0.25, 0.3) is 0 Å². The van der Waals surface area contributed by atoms with Crippen molar-refractivity contribution >= 4 is 11.8 Å². The van der Waals surface area contributed by atoms with Crippen LogP contribution in [-0.2, 0) is 13.1 Å². The lowest BCUT2D eigenvalue weighted by atomic mass is 10.2. The van der Waals surface area contributed by atoms with E-state index >= 15 is 0 Å². The van der Waals surface area contributed by atoms with Crippen molar-refractivity contribution in [3.05, 3.63) is 77.8 Å². The Hall–Kier alpha value is -3.29. The van der Waals surface area contributed by atoms with Crippen LogP contribution in [0.5, 0.6) is 0 Å². The molecule has 0 unspecified atom stereocenters. The van der Waals surface area contributed by atoms with Gasteiger partial charge in [0.25, 0.3) is 0 Å². The molecule has 0 saturated carbocycles. The van der Waals surface area contributed by atoms with Crippen LogP contribution in [0.2, 0.25) is 0 Å². The molecule has 2 N–H and O–H groups in total. The molecule has 0 bridgehead atoms. The average Bonchev–Trinajstić information content (AvgIpc) is 3.03. The summed E-state index contributed by atoms with van der Waals surface area (Å²) < 4.78 is 28.2. The number of carbonyl (C=O) groups excluding carboxylic acids is 1. The Balaban J connectivity index is 1.54. The number of aromatic nitrogens is 3. The Morgan fingerprint density at radius 2 is 2.04 bits per heavy atom. The summed E-state index contributed by atoms with van der Waals surface area (Å²) in [5.41, 5.74) is 0.902. The van der Waals surface area contributed by atoms with Crippen LogP contribution in [0.15, 0.2) is 54.9 Å². The highest BCUT2D eigenvalue weighted by Crippen LogP contribution is 2.09. The Morgan fingerprint density at radius 1 is 1.16 bits per heavy atom. The zero-order valence-electron chi connectivity index (χ0n) is 13.1. The molecule has 2 amide bonds. The second-order valence-corrected chi connectivity index (χ2v) is 5.26. The molecule has 0 aliphatic heterocycles. The molecule has 0 fully saturated rings. The highest BCUT2D eigenvalue weighted by atomic mass is 19.1. The fourth-order valence-electron chi connectivity index (χ4n) is 2.19. The lowest BCUT2D eigenvalue weighted by molar-refractivity contribution is 0.251. The van der Waals surface area contributed by atoms with Crippen LogP contribution in [0.4, 0.5) is 19.4 Å². The lowest BCUT2D eigenvalue weighted by Crippen LogP contribution is -2.28. The van der Waals surface area contributed by atoms with Gasteiger partial charge in [-0.2, -0.15) is 5.10 Å². The summed E-state index contributed by atoms with van der Waals surface area (Å²) in [4.78, 5) is 16.0. The molecule has 1 aromatic carbocycles. The molecule has 0 aliphatic rings. The number of carbonyl (C=O) groups is 1. The van der Waals surface area contributed by atoms with Crippen molar-refractivity contribution in [1.82, 2.24) is 20.1 Å². The van der Waals surface area contributed by atoms with Crippen LogP contribution in [0, 0.1) is 11.6 Å². The zero-order valence-corrected chi connectivity index (χ0v) is 13.1. The first-order chi connectivity index (χ1) is 12.1. The summed E-state index contributed by atoms with van der Waals surface area (Å²) in [6.07, 6.45) is 3.40. The van der Waals surface area contributed by atoms with E-state index in [9.17, 15) is 13.6 Å². The van der Waals surface area contributed by atoms with Crippen molar-refractivity contribution in [2.45, 2.75) is 13.1 Å². The summed E-state index contributed by atoms with van der Waals surface area (Å²) >= 11 is 0. The van der Waals surface area contributed by atoms with E-state index in [0.717, 1.165) is 23.9 Å². The summed E-state index contributed by atoms with van der Waals surface area (Å²) in [5.74, 6) is -0.804. The molecule has 2 heterocycles. The molecule has 0 saturated heterocycles. The molecule has 2 aromatic heterocycles. The standard InChI is InChI=1S/C17H15F2N5O/c18-13-4-5-15(19)12(9-13)10-21-17(25)22-16-6-8-24(23-16)11-14-3-1-2-7-20-14/h1-9H,10-11H2,(H2,21,22,23,25). The van der Waals surface area contributed by atoms with Crippen molar-refractivity contribution in [3.63, 3.8) is 0 Å². The number of anilines is 1. The zero-order chi connectivity index (χ0) is 17.6. The first-order valence-electron chi connectivity index (χ1n) is 7.52. The number of rotatable bonds is 5. The molecule has 128 valence electrons. The fourth-order valence-corrected chi connectivity index (χ4v) is 2.19. The topological polar surface area (TPSA) is 71.8 Å². The summed E-state index contributed by atoms with van der Waals surface area (Å²) in [6.45, 7) is 0.336. The first kappa shape index (κ1) is 16.6. The van der Waals surface area contributed by atoms with Crippen LogP contribution < -0.4 is 10.6 Å². The minimum atomic E-state index is -0.582. The van der Waals surface area contributed by atoms with E-state index in [4.69, 9.17) is 0 Å². The molecular weight excluding hydrogens is 328 g/mol. The van der Waals surface area contributed by atoms with Gasteiger partial charge in [0.2, 0.25) is 0 Å². The number of urea groups is 1. The van der Waals surface area contributed by atoms with Crippen molar-refractivity contribution in [3.8, 4) is 0 Å². The molecular formula is C17H15F2N5O. The Kier molecular flexibility index (Phi) is 4.98. The van der Waals surface area contributed by atoms with Gasteiger partial charge in [0.15, 0.2) is 5.82 Å². The van der Waals surface area contributed by atoms with Crippen LogP contribution in [0.3, 0.4) is 0 Å². The van der Waals surface area contributed by atoms with E-state index in [1.807, 2.05) is 18.2 Å². The minimum absolute atomic E-state index is 0.0656. The Bertz CT molecular complexity index is 866. The molecule has 6 nitrogen and oxygen atoms in total. The number of nitrogens with one attached hydrogen (secondary N) is 2. The number of hydrogen-bond acceptors (Lipinski definition) is 3. The summed E-state index contributed by atoms with van der Waals surface area (Å²) in [6, 6.07) is 9.72. The van der Waals surface area contributed by atoms with Gasteiger partial charge in [-0.05, 0) is 30.3 Å². The third-order valence-electron chi connectivity index (χ3n) is 3.38. The number of halogens is 2. The number of amides is 2. The fraction of sp³-hybridized carbons (Fsp3) is 0.118. The molecule has 3 rings (SSSR count). The molecule has 0 aliphatic carbocycles. The highest BCUT2D eigenvalue weighted by Gasteiger charge is 2.08. The van der Waals surface area contributed by atoms with E-state index in [0.29, 0.717) is 12.4 Å². The predicted octanol–water partition coefficient (Wildman–Crippen LogP) is 2.93. The Labute approximate surface area is 142 Å². The third-order valence-corrected chi connectivity index (χ3v) is 3.38. The van der Waals surface area contributed by atoms with E-state index in [-0.39, 0.29) is 12.1 Å². The molecule has 25 heavy (non-hydrogen) atoms. The number of pyridine rings is 1. The van der Waals surface area contributed by atoms with E-state index < -0.39 is 17.7 Å². The highest BCUT2D eigenvalue weighted by molar-refractivity contribution is 5.88. The second kappa shape index (κ2) is 7.52. The van der Waals surface area contributed by atoms with Gasteiger partial charge in [-0.25, -0.2) is 13.6 Å². The van der Waals surface area contributed by atoms with Gasteiger partial charge >= 0.3 is 6.03 Å². The van der Waals surface area contributed by atoms with Gasteiger partial charge in [-0.15, -0.1) is 0 Å². The smallest absolute Gasteiger partial charge is 0.320 e. The lowest BCUT2D eigenvalue weighted by Gasteiger charge is -2.07. The second-order valence-electron chi connectivity index (χ2n) is 5.26. The van der Waals surface area contributed by atoms with E-state index in [1.54, 1.807) is 23.1 Å². The van der Waals surface area contributed by atoms with E-state index in [2.05, 4.69) is 20.7 Å². The minimum Gasteiger partial charge on any atom is -0.334 e. The van der Waals surface area contributed by atoms with Gasteiger partial charge in [-0.3, -0.25) is 15.0 Å². The van der Waals surface area contributed by atoms with E-state index in [1.165, 1.54) is 0 Å². The number of benzene rings is 1. The van der Waals surface area contributed by atoms with Gasteiger partial charge in [0.05, 0.1) is 12.2 Å². The van der Waals surface area contributed by atoms with Crippen molar-refractivity contribution in [2.24, 2.45) is 0 Å². The maximum atomic E-state index is 13.5. The van der Waals surface area contributed by atoms with Crippen LogP contribution >= 0.6 is 0 Å². The van der Waals surface area contributed by atoms with Gasteiger partial charge in [0.1, 0.15) is 11.6 Å². The first-order valence-corrected chi connectivity index (χ1v) is 7.52. The molecule has 0 radical (unpaired) electrons. The summed E-state index contributed by atoms with van der Waals surface area (Å²) in [7, 11) is 0. The van der Waals surface area contributed by atoms with Gasteiger partial charge in [0, 0.05) is 30.6 Å². The molecule has 0 atom stereocenters. The van der Waals surface area contributed by atoms with Crippen molar-refractivity contribution in [2.75, 3.05) is 5.32 Å². The maximum Gasteiger partial charge on any atom is 0.320 e. The predicted molar refractivity (Wildman–Crippen MR) is 87.8 cm³/mol. The maximum absolute atomic E-state index is 13.5. The quantitative estimate of drug-likeness (QED) is 0.748. The number of hydrogen-bond donors (Lipinski definition) is 2. The SMILES string of the molecule is O=C(NCc1cc(F)ccc1F)Nc1ccn(Cc2ccccn2)n1. The third kappa shape index (κ3) is 4.60.